The standard InChI is InChI=1S/C18H12ClNO3/c19-11-7-5-10(6-8-11)13-9-15(21)23-17-12-3-1-2-4-14(12)20-18(22)16(13)17/h1-8,13H,9H2,(H,20,22)/t13-/m1/s1. The van der Waals surface area contributed by atoms with Gasteiger partial charge in [-0.15, -0.1) is 0 Å². The lowest BCUT2D eigenvalue weighted by Gasteiger charge is -2.25. The number of nitrogens with one attached hydrogen (secondary N) is 1. The fraction of sp³-hybridized carbons (Fsp3) is 0.111. The van der Waals surface area contributed by atoms with Gasteiger partial charge in [-0.2, -0.15) is 0 Å². The number of hydrogen-bond donors (Lipinski definition) is 1. The molecule has 1 aliphatic rings. The molecule has 1 aliphatic heterocycles. The molecule has 1 N–H and O–H groups in total. The van der Waals surface area contributed by atoms with E-state index in [1.807, 2.05) is 30.3 Å². The number of aromatic nitrogens is 1. The van der Waals surface area contributed by atoms with Crippen LogP contribution in [0.2, 0.25) is 5.02 Å². The minimum absolute atomic E-state index is 0.135. The topological polar surface area (TPSA) is 59.2 Å². The lowest BCUT2D eigenvalue weighted by atomic mass is 9.86. The number of rotatable bonds is 1. The van der Waals surface area contributed by atoms with Crippen LogP contribution in [0.25, 0.3) is 10.9 Å². The molecule has 0 fully saturated rings. The Labute approximate surface area is 136 Å². The smallest absolute Gasteiger partial charge is 0.312 e. The van der Waals surface area contributed by atoms with Gasteiger partial charge in [-0.05, 0) is 29.8 Å². The summed E-state index contributed by atoms with van der Waals surface area (Å²) in [5, 5.41) is 1.34. The van der Waals surface area contributed by atoms with Gasteiger partial charge >= 0.3 is 5.97 Å². The molecule has 0 saturated heterocycles. The van der Waals surface area contributed by atoms with E-state index < -0.39 is 0 Å². The highest BCUT2D eigenvalue weighted by molar-refractivity contribution is 6.30. The highest BCUT2D eigenvalue weighted by Gasteiger charge is 2.32. The summed E-state index contributed by atoms with van der Waals surface area (Å²) >= 11 is 5.93. The molecule has 4 nitrogen and oxygen atoms in total. The largest absolute Gasteiger partial charge is 0.425 e. The molecule has 114 valence electrons. The molecule has 3 aromatic rings. The summed E-state index contributed by atoms with van der Waals surface area (Å²) in [6.45, 7) is 0. The molecule has 0 amide bonds. The SMILES string of the molecule is O=C1C[C@H](c2ccc(Cl)cc2)c2c(c3ccccc3[nH]c2=O)O1. The Kier molecular flexibility index (Phi) is 3.20. The third kappa shape index (κ3) is 2.32. The molecule has 2 heterocycles. The van der Waals surface area contributed by atoms with Crippen LogP contribution in [0.15, 0.2) is 53.3 Å². The van der Waals surface area contributed by atoms with E-state index >= 15 is 0 Å². The zero-order valence-electron chi connectivity index (χ0n) is 12.0. The van der Waals surface area contributed by atoms with Crippen molar-refractivity contribution in [1.29, 1.82) is 0 Å². The van der Waals surface area contributed by atoms with Crippen molar-refractivity contribution in [1.82, 2.24) is 4.98 Å². The van der Waals surface area contributed by atoms with Crippen LogP contribution in [-0.2, 0) is 4.79 Å². The molecule has 0 bridgehead atoms. The first-order chi connectivity index (χ1) is 11.1. The molecule has 0 unspecified atom stereocenters. The number of halogens is 1. The fourth-order valence-electron chi connectivity index (χ4n) is 3.06. The average Bonchev–Trinajstić information content (AvgIpc) is 2.55. The van der Waals surface area contributed by atoms with E-state index in [-0.39, 0.29) is 23.9 Å². The van der Waals surface area contributed by atoms with Crippen LogP contribution in [0, 0.1) is 0 Å². The Morgan fingerprint density at radius 2 is 1.78 bits per heavy atom. The molecule has 0 saturated carbocycles. The van der Waals surface area contributed by atoms with Crippen LogP contribution >= 0.6 is 11.6 Å². The van der Waals surface area contributed by atoms with Crippen LogP contribution < -0.4 is 10.3 Å². The molecule has 1 atom stereocenters. The highest BCUT2D eigenvalue weighted by atomic mass is 35.5. The molecule has 1 aromatic heterocycles. The van der Waals surface area contributed by atoms with Gasteiger partial charge in [-0.3, -0.25) is 9.59 Å². The maximum atomic E-state index is 12.6. The molecule has 0 spiro atoms. The van der Waals surface area contributed by atoms with Crippen molar-refractivity contribution in [3.05, 3.63) is 75.0 Å². The molecule has 5 heteroatoms. The summed E-state index contributed by atoms with van der Waals surface area (Å²) in [6, 6.07) is 14.5. The summed E-state index contributed by atoms with van der Waals surface area (Å²) < 4.78 is 5.42. The van der Waals surface area contributed by atoms with Gasteiger partial charge in [-0.1, -0.05) is 35.9 Å². The van der Waals surface area contributed by atoms with Gasteiger partial charge < -0.3 is 9.72 Å². The maximum Gasteiger partial charge on any atom is 0.312 e. The summed E-state index contributed by atoms with van der Waals surface area (Å²) in [5.41, 5.74) is 1.78. The molecule has 0 aliphatic carbocycles. The summed E-state index contributed by atoms with van der Waals surface area (Å²) in [5.74, 6) is -0.314. The quantitative estimate of drug-likeness (QED) is 0.695. The van der Waals surface area contributed by atoms with Crippen LogP contribution in [0.5, 0.6) is 5.75 Å². The van der Waals surface area contributed by atoms with Crippen molar-refractivity contribution in [2.45, 2.75) is 12.3 Å². The molecule has 4 rings (SSSR count). The summed E-state index contributed by atoms with van der Waals surface area (Å²) in [7, 11) is 0. The summed E-state index contributed by atoms with van der Waals surface area (Å²) in [4.78, 5) is 27.5. The van der Waals surface area contributed by atoms with Gasteiger partial charge in [0.2, 0.25) is 0 Å². The van der Waals surface area contributed by atoms with Gasteiger partial charge in [0.05, 0.1) is 17.5 Å². The normalized spacial score (nSPS) is 16.9. The van der Waals surface area contributed by atoms with Crippen molar-refractivity contribution >= 4 is 28.5 Å². The number of hydrogen-bond acceptors (Lipinski definition) is 3. The number of carbonyl (C=O) groups excluding carboxylic acids is 1. The Morgan fingerprint density at radius 1 is 1.04 bits per heavy atom. The maximum absolute atomic E-state index is 12.6. The Bertz CT molecular complexity index is 976. The second-order valence-corrected chi connectivity index (χ2v) is 5.96. The molecule has 23 heavy (non-hydrogen) atoms. The third-order valence-electron chi connectivity index (χ3n) is 4.12. The Balaban J connectivity index is 2.00. The van der Waals surface area contributed by atoms with E-state index in [2.05, 4.69) is 4.98 Å². The van der Waals surface area contributed by atoms with Crippen LogP contribution in [-0.4, -0.2) is 11.0 Å². The number of benzene rings is 2. The monoisotopic (exact) mass is 325 g/mol. The van der Waals surface area contributed by atoms with E-state index in [4.69, 9.17) is 16.3 Å². The van der Waals surface area contributed by atoms with Gasteiger partial charge in [0.1, 0.15) is 5.75 Å². The van der Waals surface area contributed by atoms with E-state index in [1.165, 1.54) is 0 Å². The number of fused-ring (bicyclic) bond motifs is 3. The first-order valence-corrected chi connectivity index (χ1v) is 7.62. The van der Waals surface area contributed by atoms with Crippen molar-refractivity contribution in [2.24, 2.45) is 0 Å². The fourth-order valence-corrected chi connectivity index (χ4v) is 3.18. The van der Waals surface area contributed by atoms with Crippen molar-refractivity contribution in [2.75, 3.05) is 0 Å². The predicted molar refractivity (Wildman–Crippen MR) is 88.1 cm³/mol. The van der Waals surface area contributed by atoms with Crippen LogP contribution in [0.4, 0.5) is 0 Å². The van der Waals surface area contributed by atoms with E-state index in [9.17, 15) is 9.59 Å². The number of H-pyrrole nitrogens is 1. The first-order valence-electron chi connectivity index (χ1n) is 7.24. The molecular weight excluding hydrogens is 314 g/mol. The second kappa shape index (κ2) is 5.25. The van der Waals surface area contributed by atoms with Gasteiger partial charge in [-0.25, -0.2) is 0 Å². The zero-order chi connectivity index (χ0) is 16.0. The lowest BCUT2D eigenvalue weighted by Crippen LogP contribution is -2.28. The third-order valence-corrected chi connectivity index (χ3v) is 4.37. The van der Waals surface area contributed by atoms with E-state index in [0.717, 1.165) is 10.9 Å². The number of pyridine rings is 1. The summed E-state index contributed by atoms with van der Waals surface area (Å²) in [6.07, 6.45) is 0.135. The van der Waals surface area contributed by atoms with E-state index in [1.54, 1.807) is 18.2 Å². The van der Waals surface area contributed by atoms with Crippen LogP contribution in [0.1, 0.15) is 23.5 Å². The van der Waals surface area contributed by atoms with E-state index in [0.29, 0.717) is 21.9 Å². The number of carbonyl (C=O) groups is 1. The van der Waals surface area contributed by atoms with Gasteiger partial charge in [0.15, 0.2) is 0 Å². The van der Waals surface area contributed by atoms with Crippen molar-refractivity contribution in [3.8, 4) is 5.75 Å². The highest BCUT2D eigenvalue weighted by Crippen LogP contribution is 2.40. The number of para-hydroxylation sites is 1. The molecule has 0 radical (unpaired) electrons. The lowest BCUT2D eigenvalue weighted by molar-refractivity contribution is -0.135. The zero-order valence-corrected chi connectivity index (χ0v) is 12.8. The van der Waals surface area contributed by atoms with Gasteiger partial charge in [0, 0.05) is 16.3 Å². The van der Waals surface area contributed by atoms with Crippen LogP contribution in [0.3, 0.4) is 0 Å². The predicted octanol–water partition coefficient (Wildman–Crippen LogP) is 3.62. The van der Waals surface area contributed by atoms with Gasteiger partial charge in [0.25, 0.3) is 5.56 Å². The van der Waals surface area contributed by atoms with Crippen molar-refractivity contribution in [3.63, 3.8) is 0 Å². The Morgan fingerprint density at radius 3 is 2.57 bits per heavy atom. The molecule has 2 aromatic carbocycles. The number of aromatic amines is 1. The minimum Gasteiger partial charge on any atom is -0.425 e. The average molecular weight is 326 g/mol. The second-order valence-electron chi connectivity index (χ2n) is 5.52. The molecular formula is C18H12ClNO3. The minimum atomic E-state index is -0.340. The number of ether oxygens (including phenoxy) is 1. The first kappa shape index (κ1) is 14.0. The Hall–Kier alpha value is -2.59. The van der Waals surface area contributed by atoms with Crippen molar-refractivity contribution < 1.29 is 9.53 Å². The number of esters is 1.